The highest BCUT2D eigenvalue weighted by Gasteiger charge is 2.42. The Morgan fingerprint density at radius 3 is 2.03 bits per heavy atom. The van der Waals surface area contributed by atoms with Gasteiger partial charge in [-0.1, -0.05) is 24.3 Å². The number of rotatable bonds is 6. The molecule has 200 valence electrons. The van der Waals surface area contributed by atoms with Crippen LogP contribution in [0.3, 0.4) is 0 Å². The zero-order valence-corrected chi connectivity index (χ0v) is 23.0. The number of benzene rings is 1. The SMILES string of the molecule is CC(C)(C)OC(=O)N[C@@H](COC(=O)C(C)(C)C)C1c2ccccc2C(=O)CC1COC(=O)C(C)(C)C. The zero-order chi connectivity index (χ0) is 27.5. The minimum Gasteiger partial charge on any atom is -0.465 e. The molecular formula is C28H41NO7. The molecule has 1 aromatic carbocycles. The van der Waals surface area contributed by atoms with Gasteiger partial charge in [0.25, 0.3) is 0 Å². The number of ether oxygens (including phenoxy) is 3. The summed E-state index contributed by atoms with van der Waals surface area (Å²) in [6, 6.07) is 6.44. The number of esters is 2. The third kappa shape index (κ3) is 8.07. The fourth-order valence-corrected chi connectivity index (χ4v) is 3.95. The van der Waals surface area contributed by atoms with Crippen molar-refractivity contribution in [2.45, 2.75) is 86.3 Å². The quantitative estimate of drug-likeness (QED) is 0.428. The molecule has 1 aliphatic rings. The predicted octanol–water partition coefficient (Wildman–Crippen LogP) is 5.04. The summed E-state index contributed by atoms with van der Waals surface area (Å²) in [5.74, 6) is -1.78. The van der Waals surface area contributed by atoms with Crippen LogP contribution in [-0.4, -0.2) is 48.7 Å². The molecule has 1 aromatic rings. The Balaban J connectivity index is 2.46. The minimum absolute atomic E-state index is 0.0133. The van der Waals surface area contributed by atoms with Crippen LogP contribution >= 0.6 is 0 Å². The van der Waals surface area contributed by atoms with Gasteiger partial charge < -0.3 is 19.5 Å². The molecule has 2 rings (SSSR count). The summed E-state index contributed by atoms with van der Waals surface area (Å²) in [7, 11) is 0. The first-order valence-corrected chi connectivity index (χ1v) is 12.4. The maximum atomic E-state index is 13.0. The number of fused-ring (bicyclic) bond motifs is 1. The van der Waals surface area contributed by atoms with E-state index in [1.54, 1.807) is 74.4 Å². The van der Waals surface area contributed by atoms with Gasteiger partial charge in [-0.2, -0.15) is 0 Å². The van der Waals surface area contributed by atoms with Crippen molar-refractivity contribution >= 4 is 23.8 Å². The Hall–Kier alpha value is -2.90. The average Bonchev–Trinajstić information content (AvgIpc) is 2.72. The number of carbonyl (C=O) groups excluding carboxylic acids is 4. The van der Waals surface area contributed by atoms with Gasteiger partial charge in [0.1, 0.15) is 12.2 Å². The van der Waals surface area contributed by atoms with Gasteiger partial charge in [0.05, 0.1) is 23.5 Å². The van der Waals surface area contributed by atoms with E-state index in [1.807, 2.05) is 12.1 Å². The lowest BCUT2D eigenvalue weighted by Crippen LogP contribution is -2.49. The largest absolute Gasteiger partial charge is 0.465 e. The van der Waals surface area contributed by atoms with Gasteiger partial charge in [0.15, 0.2) is 5.78 Å². The smallest absolute Gasteiger partial charge is 0.408 e. The van der Waals surface area contributed by atoms with Gasteiger partial charge >= 0.3 is 18.0 Å². The van der Waals surface area contributed by atoms with Crippen molar-refractivity contribution in [2.24, 2.45) is 16.7 Å². The van der Waals surface area contributed by atoms with E-state index in [1.165, 1.54) is 0 Å². The summed E-state index contributed by atoms with van der Waals surface area (Å²) < 4.78 is 16.7. The Labute approximate surface area is 214 Å². The molecule has 1 aliphatic carbocycles. The summed E-state index contributed by atoms with van der Waals surface area (Å²) in [6.45, 7) is 15.6. The Kier molecular flexibility index (Phi) is 8.97. The van der Waals surface area contributed by atoms with E-state index in [0.717, 1.165) is 0 Å². The van der Waals surface area contributed by atoms with Crippen molar-refractivity contribution in [2.75, 3.05) is 13.2 Å². The lowest BCUT2D eigenvalue weighted by Gasteiger charge is -2.38. The van der Waals surface area contributed by atoms with E-state index < -0.39 is 46.4 Å². The van der Waals surface area contributed by atoms with E-state index >= 15 is 0 Å². The molecule has 0 aliphatic heterocycles. The van der Waals surface area contributed by atoms with E-state index in [-0.39, 0.29) is 31.4 Å². The predicted molar refractivity (Wildman–Crippen MR) is 136 cm³/mol. The van der Waals surface area contributed by atoms with Crippen molar-refractivity contribution in [1.29, 1.82) is 0 Å². The van der Waals surface area contributed by atoms with Crippen LogP contribution in [0.25, 0.3) is 0 Å². The first-order chi connectivity index (χ1) is 16.4. The van der Waals surface area contributed by atoms with Crippen LogP contribution in [0, 0.1) is 16.7 Å². The van der Waals surface area contributed by atoms with Crippen LogP contribution in [0.5, 0.6) is 0 Å². The number of amides is 1. The molecular weight excluding hydrogens is 462 g/mol. The molecule has 0 aromatic heterocycles. The van der Waals surface area contributed by atoms with E-state index in [9.17, 15) is 19.2 Å². The Morgan fingerprint density at radius 2 is 1.47 bits per heavy atom. The van der Waals surface area contributed by atoms with Crippen molar-refractivity contribution in [3.05, 3.63) is 35.4 Å². The van der Waals surface area contributed by atoms with Gasteiger partial charge in [0, 0.05) is 23.8 Å². The van der Waals surface area contributed by atoms with Crippen molar-refractivity contribution in [3.8, 4) is 0 Å². The second-order valence-electron chi connectivity index (χ2n) is 12.5. The maximum absolute atomic E-state index is 13.0. The lowest BCUT2D eigenvalue weighted by atomic mass is 9.71. The molecule has 2 unspecified atom stereocenters. The molecule has 0 heterocycles. The fourth-order valence-electron chi connectivity index (χ4n) is 3.95. The highest BCUT2D eigenvalue weighted by Crippen LogP contribution is 2.39. The molecule has 0 radical (unpaired) electrons. The second-order valence-corrected chi connectivity index (χ2v) is 12.5. The van der Waals surface area contributed by atoms with Crippen LogP contribution in [0.4, 0.5) is 4.79 Å². The van der Waals surface area contributed by atoms with Gasteiger partial charge in [-0.3, -0.25) is 14.4 Å². The molecule has 36 heavy (non-hydrogen) atoms. The highest BCUT2D eigenvalue weighted by atomic mass is 16.6. The second kappa shape index (κ2) is 11.0. The van der Waals surface area contributed by atoms with Crippen LogP contribution in [-0.2, 0) is 23.8 Å². The summed E-state index contributed by atoms with van der Waals surface area (Å²) >= 11 is 0. The monoisotopic (exact) mass is 503 g/mol. The first-order valence-electron chi connectivity index (χ1n) is 12.4. The van der Waals surface area contributed by atoms with Crippen LogP contribution < -0.4 is 5.32 Å². The number of alkyl carbamates (subject to hydrolysis) is 1. The minimum atomic E-state index is -0.738. The molecule has 0 fully saturated rings. The summed E-state index contributed by atoms with van der Waals surface area (Å²) in [5, 5.41) is 2.86. The van der Waals surface area contributed by atoms with Gasteiger partial charge in [-0.05, 0) is 67.9 Å². The molecule has 3 atom stereocenters. The lowest BCUT2D eigenvalue weighted by molar-refractivity contribution is -0.155. The number of nitrogens with one attached hydrogen (secondary N) is 1. The van der Waals surface area contributed by atoms with Crippen molar-refractivity contribution in [1.82, 2.24) is 5.32 Å². The van der Waals surface area contributed by atoms with Crippen LogP contribution in [0.2, 0.25) is 0 Å². The fraction of sp³-hybridized carbons (Fsp3) is 0.643. The third-order valence-corrected chi connectivity index (χ3v) is 5.76. The standard InChI is InChI=1S/C28H41NO7/c1-26(2,3)23(31)34-15-17-14-21(30)18-12-10-11-13-19(18)22(17)20(16-35-24(32)27(4,5)6)29-25(33)36-28(7,8)9/h10-13,17,20,22H,14-16H2,1-9H3,(H,29,33)/t17?,20-,22?/m0/s1. The topological polar surface area (TPSA) is 108 Å². The van der Waals surface area contributed by atoms with Crippen LogP contribution in [0.1, 0.15) is 90.6 Å². The Bertz CT molecular complexity index is 979. The first kappa shape index (κ1) is 29.3. The summed E-state index contributed by atoms with van der Waals surface area (Å²) in [5.41, 5.74) is -0.933. The zero-order valence-electron chi connectivity index (χ0n) is 23.0. The van der Waals surface area contributed by atoms with Crippen LogP contribution in [0.15, 0.2) is 24.3 Å². The molecule has 1 amide bonds. The molecule has 8 nitrogen and oxygen atoms in total. The number of hydrogen-bond acceptors (Lipinski definition) is 7. The molecule has 0 saturated heterocycles. The Morgan fingerprint density at radius 1 is 0.917 bits per heavy atom. The molecule has 0 spiro atoms. The van der Waals surface area contributed by atoms with Gasteiger partial charge in [-0.25, -0.2) is 4.79 Å². The number of Topliss-reactive ketones (excluding diaryl/α,β-unsaturated/α-hetero) is 1. The van der Waals surface area contributed by atoms with E-state index in [0.29, 0.717) is 11.1 Å². The van der Waals surface area contributed by atoms with E-state index in [4.69, 9.17) is 14.2 Å². The summed E-state index contributed by atoms with van der Waals surface area (Å²) in [6.07, 6.45) is -0.544. The van der Waals surface area contributed by atoms with Crippen molar-refractivity contribution in [3.63, 3.8) is 0 Å². The van der Waals surface area contributed by atoms with E-state index in [2.05, 4.69) is 5.32 Å². The third-order valence-electron chi connectivity index (χ3n) is 5.76. The average molecular weight is 504 g/mol. The molecule has 8 heteroatoms. The van der Waals surface area contributed by atoms with Gasteiger partial charge in [-0.15, -0.1) is 0 Å². The molecule has 0 bridgehead atoms. The molecule has 1 N–H and O–H groups in total. The number of hydrogen-bond donors (Lipinski definition) is 1. The summed E-state index contributed by atoms with van der Waals surface area (Å²) in [4.78, 5) is 50.9. The number of ketones is 1. The molecule has 0 saturated carbocycles. The normalized spacial score (nSPS) is 19.1. The maximum Gasteiger partial charge on any atom is 0.408 e. The van der Waals surface area contributed by atoms with Gasteiger partial charge in [0.2, 0.25) is 0 Å². The highest BCUT2D eigenvalue weighted by molar-refractivity contribution is 5.99. The number of carbonyl (C=O) groups is 4. The van der Waals surface area contributed by atoms with Crippen molar-refractivity contribution < 1.29 is 33.4 Å².